The summed E-state index contributed by atoms with van der Waals surface area (Å²) in [6.07, 6.45) is 2.63. The Labute approximate surface area is 115 Å². The first-order valence-electron chi connectivity index (χ1n) is 7.27. The van der Waals surface area contributed by atoms with Gasteiger partial charge in [0, 0.05) is 38.9 Å². The van der Waals surface area contributed by atoms with E-state index in [2.05, 4.69) is 41.4 Å². The molecule has 1 N–H and O–H groups in total. The summed E-state index contributed by atoms with van der Waals surface area (Å²) in [7, 11) is 1.83. The van der Waals surface area contributed by atoms with Crippen LogP contribution in [0.3, 0.4) is 0 Å². The van der Waals surface area contributed by atoms with E-state index in [4.69, 9.17) is 4.74 Å². The molecule has 0 amide bonds. The molecule has 1 fully saturated rings. The number of para-hydroxylation sites is 1. The summed E-state index contributed by atoms with van der Waals surface area (Å²) < 4.78 is 5.62. The van der Waals surface area contributed by atoms with Crippen molar-refractivity contribution in [3.63, 3.8) is 0 Å². The van der Waals surface area contributed by atoms with Crippen molar-refractivity contribution >= 4 is 5.69 Å². The van der Waals surface area contributed by atoms with Gasteiger partial charge in [-0.05, 0) is 30.0 Å². The molecular formula is C16H24N2O. The standard InChI is InChI=1S/C16H24N2O/c1-16(7-8-17-11-16)12-18-10-14(19-2)9-13-5-3-4-6-15(13)18/h3-6,14,17H,7-12H2,1-2H3. The zero-order valence-corrected chi connectivity index (χ0v) is 12.0. The van der Waals surface area contributed by atoms with Gasteiger partial charge in [-0.3, -0.25) is 0 Å². The first kappa shape index (κ1) is 12.9. The highest BCUT2D eigenvalue weighted by Crippen LogP contribution is 2.33. The zero-order valence-electron chi connectivity index (χ0n) is 12.0. The Morgan fingerprint density at radius 3 is 3.00 bits per heavy atom. The molecule has 3 nitrogen and oxygen atoms in total. The van der Waals surface area contributed by atoms with E-state index >= 15 is 0 Å². The van der Waals surface area contributed by atoms with Crippen molar-refractivity contribution in [3.05, 3.63) is 29.8 Å². The number of methoxy groups -OCH3 is 1. The molecule has 2 unspecified atom stereocenters. The maximum absolute atomic E-state index is 5.62. The third-order valence-corrected chi connectivity index (χ3v) is 4.57. The normalized spacial score (nSPS) is 30.4. The molecule has 19 heavy (non-hydrogen) atoms. The number of nitrogens with zero attached hydrogens (tertiary/aromatic N) is 1. The summed E-state index contributed by atoms with van der Waals surface area (Å²) in [4.78, 5) is 2.53. The average molecular weight is 260 g/mol. The van der Waals surface area contributed by atoms with Gasteiger partial charge in [-0.1, -0.05) is 25.1 Å². The van der Waals surface area contributed by atoms with Crippen LogP contribution in [0.4, 0.5) is 5.69 Å². The van der Waals surface area contributed by atoms with E-state index in [9.17, 15) is 0 Å². The highest BCUT2D eigenvalue weighted by atomic mass is 16.5. The Kier molecular flexibility index (Phi) is 3.50. The average Bonchev–Trinajstić information content (AvgIpc) is 2.85. The van der Waals surface area contributed by atoms with Crippen LogP contribution < -0.4 is 10.2 Å². The summed E-state index contributed by atoms with van der Waals surface area (Å²) in [6, 6.07) is 8.78. The monoisotopic (exact) mass is 260 g/mol. The largest absolute Gasteiger partial charge is 0.379 e. The predicted octanol–water partition coefficient (Wildman–Crippen LogP) is 2.06. The Morgan fingerprint density at radius 2 is 2.26 bits per heavy atom. The molecule has 2 aliphatic heterocycles. The number of benzene rings is 1. The van der Waals surface area contributed by atoms with E-state index in [1.165, 1.54) is 17.7 Å². The number of rotatable bonds is 3. The lowest BCUT2D eigenvalue weighted by atomic mass is 9.87. The van der Waals surface area contributed by atoms with Gasteiger partial charge >= 0.3 is 0 Å². The maximum atomic E-state index is 5.62. The van der Waals surface area contributed by atoms with Gasteiger partial charge in [-0.15, -0.1) is 0 Å². The molecule has 0 bridgehead atoms. The van der Waals surface area contributed by atoms with E-state index in [1.807, 2.05) is 7.11 Å². The molecule has 0 aliphatic carbocycles. The van der Waals surface area contributed by atoms with E-state index in [0.717, 1.165) is 32.6 Å². The highest BCUT2D eigenvalue weighted by molar-refractivity contribution is 5.56. The van der Waals surface area contributed by atoms with Crippen LogP contribution in [0.15, 0.2) is 24.3 Å². The molecule has 0 spiro atoms. The molecule has 2 atom stereocenters. The first-order valence-corrected chi connectivity index (χ1v) is 7.27. The van der Waals surface area contributed by atoms with Crippen LogP contribution >= 0.6 is 0 Å². The zero-order chi connectivity index (χ0) is 13.3. The minimum absolute atomic E-state index is 0.327. The van der Waals surface area contributed by atoms with Crippen LogP contribution in [0.1, 0.15) is 18.9 Å². The third-order valence-electron chi connectivity index (χ3n) is 4.57. The van der Waals surface area contributed by atoms with Crippen LogP contribution in [0.5, 0.6) is 0 Å². The molecule has 2 aliphatic rings. The summed E-state index contributed by atoms with van der Waals surface area (Å²) >= 11 is 0. The fourth-order valence-corrected chi connectivity index (χ4v) is 3.42. The number of hydrogen-bond donors (Lipinski definition) is 1. The number of fused-ring (bicyclic) bond motifs is 1. The van der Waals surface area contributed by atoms with Crippen LogP contribution in [0.25, 0.3) is 0 Å². The lowest BCUT2D eigenvalue weighted by Gasteiger charge is -2.40. The Morgan fingerprint density at radius 1 is 1.42 bits per heavy atom. The number of ether oxygens (including phenoxy) is 1. The Bertz CT molecular complexity index is 440. The van der Waals surface area contributed by atoms with Crippen LogP contribution in [-0.4, -0.2) is 39.4 Å². The van der Waals surface area contributed by atoms with Crippen LogP contribution in [0.2, 0.25) is 0 Å². The van der Waals surface area contributed by atoms with E-state index in [-0.39, 0.29) is 0 Å². The van der Waals surface area contributed by atoms with Crippen molar-refractivity contribution < 1.29 is 4.74 Å². The topological polar surface area (TPSA) is 24.5 Å². The lowest BCUT2D eigenvalue weighted by molar-refractivity contribution is 0.102. The molecule has 0 saturated carbocycles. The van der Waals surface area contributed by atoms with Crippen molar-refractivity contribution in [1.82, 2.24) is 5.32 Å². The van der Waals surface area contributed by atoms with Crippen molar-refractivity contribution in [1.29, 1.82) is 0 Å². The minimum Gasteiger partial charge on any atom is -0.379 e. The Hall–Kier alpha value is -1.06. The molecule has 104 valence electrons. The van der Waals surface area contributed by atoms with Gasteiger partial charge in [0.15, 0.2) is 0 Å². The molecule has 1 aromatic rings. The SMILES string of the molecule is COC1Cc2ccccc2N(CC2(C)CCNC2)C1. The van der Waals surface area contributed by atoms with Crippen molar-refractivity contribution in [2.75, 3.05) is 38.2 Å². The molecule has 1 aromatic carbocycles. The molecule has 0 aromatic heterocycles. The van der Waals surface area contributed by atoms with E-state index in [0.29, 0.717) is 11.5 Å². The molecule has 3 heteroatoms. The van der Waals surface area contributed by atoms with Crippen molar-refractivity contribution in [2.45, 2.75) is 25.9 Å². The van der Waals surface area contributed by atoms with Crippen LogP contribution in [-0.2, 0) is 11.2 Å². The first-order chi connectivity index (χ1) is 9.20. The molecular weight excluding hydrogens is 236 g/mol. The second-order valence-corrected chi connectivity index (χ2v) is 6.31. The van der Waals surface area contributed by atoms with Gasteiger partial charge in [-0.2, -0.15) is 0 Å². The van der Waals surface area contributed by atoms with E-state index in [1.54, 1.807) is 0 Å². The van der Waals surface area contributed by atoms with Crippen LogP contribution in [0, 0.1) is 5.41 Å². The number of nitrogens with one attached hydrogen (secondary N) is 1. The van der Waals surface area contributed by atoms with Gasteiger partial charge in [-0.25, -0.2) is 0 Å². The fraction of sp³-hybridized carbons (Fsp3) is 0.625. The third kappa shape index (κ3) is 2.63. The maximum Gasteiger partial charge on any atom is 0.0787 e. The summed E-state index contributed by atoms with van der Waals surface area (Å²) in [5, 5.41) is 3.49. The van der Waals surface area contributed by atoms with Gasteiger partial charge < -0.3 is 15.0 Å². The second kappa shape index (κ2) is 5.14. The predicted molar refractivity (Wildman–Crippen MR) is 78.7 cm³/mol. The fourth-order valence-electron chi connectivity index (χ4n) is 3.42. The molecule has 3 rings (SSSR count). The van der Waals surface area contributed by atoms with Gasteiger partial charge in [0.2, 0.25) is 0 Å². The van der Waals surface area contributed by atoms with E-state index < -0.39 is 0 Å². The van der Waals surface area contributed by atoms with Gasteiger partial charge in [0.1, 0.15) is 0 Å². The van der Waals surface area contributed by atoms with Crippen molar-refractivity contribution in [3.8, 4) is 0 Å². The smallest absolute Gasteiger partial charge is 0.0787 e. The summed E-state index contributed by atoms with van der Waals surface area (Å²) in [5.74, 6) is 0. The summed E-state index contributed by atoms with van der Waals surface area (Å²) in [6.45, 7) is 6.81. The summed E-state index contributed by atoms with van der Waals surface area (Å²) in [5.41, 5.74) is 3.22. The number of hydrogen-bond acceptors (Lipinski definition) is 3. The van der Waals surface area contributed by atoms with Crippen molar-refractivity contribution in [2.24, 2.45) is 5.41 Å². The molecule has 2 heterocycles. The van der Waals surface area contributed by atoms with Gasteiger partial charge in [0.25, 0.3) is 0 Å². The molecule has 1 saturated heterocycles. The van der Waals surface area contributed by atoms with Gasteiger partial charge in [0.05, 0.1) is 6.10 Å². The minimum atomic E-state index is 0.327. The molecule has 0 radical (unpaired) electrons. The second-order valence-electron chi connectivity index (χ2n) is 6.31. The highest BCUT2D eigenvalue weighted by Gasteiger charge is 2.33. The quantitative estimate of drug-likeness (QED) is 0.900. The Balaban J connectivity index is 1.83. The number of anilines is 1. The lowest BCUT2D eigenvalue weighted by Crippen LogP contribution is -2.45.